The van der Waals surface area contributed by atoms with Crippen LogP contribution in [-0.2, 0) is 18.0 Å². The van der Waals surface area contributed by atoms with E-state index in [-0.39, 0.29) is 18.2 Å². The van der Waals surface area contributed by atoms with Crippen molar-refractivity contribution in [2.75, 3.05) is 0 Å². The molecule has 0 aliphatic carbocycles. The maximum absolute atomic E-state index is 7.52. The van der Waals surface area contributed by atoms with Crippen molar-refractivity contribution in [2.24, 2.45) is 5.73 Å². The standard InChI is InChI=1S/C15H15BrN2O.ClH/c16-14-8-4-2-6-12(14)10-19-9-11-5-1-3-7-13(11)15(17)18;/h1-8H,9-10H2,(H3,17,18);1H. The molecule has 3 N–H and O–H groups in total. The lowest BCUT2D eigenvalue weighted by Crippen LogP contribution is -2.14. The van der Waals surface area contributed by atoms with Crippen molar-refractivity contribution in [1.29, 1.82) is 5.41 Å². The van der Waals surface area contributed by atoms with Crippen molar-refractivity contribution in [2.45, 2.75) is 13.2 Å². The Kier molecular flexibility index (Phi) is 6.71. The molecule has 0 spiro atoms. The van der Waals surface area contributed by atoms with Crippen LogP contribution in [0.2, 0.25) is 0 Å². The molecular weight excluding hydrogens is 340 g/mol. The van der Waals surface area contributed by atoms with Gasteiger partial charge in [-0.25, -0.2) is 0 Å². The first-order valence-electron chi connectivity index (χ1n) is 5.92. The number of amidine groups is 1. The summed E-state index contributed by atoms with van der Waals surface area (Å²) in [6, 6.07) is 15.5. The van der Waals surface area contributed by atoms with Gasteiger partial charge in [0.15, 0.2) is 0 Å². The molecule has 2 rings (SSSR count). The lowest BCUT2D eigenvalue weighted by molar-refractivity contribution is 0.106. The fraction of sp³-hybridized carbons (Fsp3) is 0.133. The number of rotatable bonds is 5. The van der Waals surface area contributed by atoms with Crippen molar-refractivity contribution >= 4 is 34.2 Å². The minimum Gasteiger partial charge on any atom is -0.384 e. The highest BCUT2D eigenvalue weighted by Gasteiger charge is 2.05. The Balaban J connectivity index is 0.00000200. The van der Waals surface area contributed by atoms with Gasteiger partial charge in [0.2, 0.25) is 0 Å². The zero-order chi connectivity index (χ0) is 13.7. The van der Waals surface area contributed by atoms with E-state index in [1.807, 2.05) is 48.5 Å². The van der Waals surface area contributed by atoms with E-state index in [9.17, 15) is 0 Å². The van der Waals surface area contributed by atoms with Crippen molar-refractivity contribution < 1.29 is 4.74 Å². The SMILES string of the molecule is Cl.N=C(N)c1ccccc1COCc1ccccc1Br. The van der Waals surface area contributed by atoms with Gasteiger partial charge in [0.1, 0.15) is 5.84 Å². The largest absolute Gasteiger partial charge is 0.384 e. The molecule has 0 aliphatic rings. The fourth-order valence-corrected chi connectivity index (χ4v) is 2.19. The molecule has 2 aromatic rings. The van der Waals surface area contributed by atoms with Crippen LogP contribution in [-0.4, -0.2) is 5.84 Å². The maximum Gasteiger partial charge on any atom is 0.123 e. The van der Waals surface area contributed by atoms with Gasteiger partial charge in [-0.15, -0.1) is 12.4 Å². The summed E-state index contributed by atoms with van der Waals surface area (Å²) in [5.74, 6) is 0.0695. The van der Waals surface area contributed by atoms with Gasteiger partial charge >= 0.3 is 0 Å². The second kappa shape index (κ2) is 8.04. The third kappa shape index (κ3) is 4.34. The van der Waals surface area contributed by atoms with E-state index in [0.29, 0.717) is 13.2 Å². The molecule has 0 bridgehead atoms. The maximum atomic E-state index is 7.52. The molecule has 20 heavy (non-hydrogen) atoms. The van der Waals surface area contributed by atoms with Crippen molar-refractivity contribution in [3.05, 3.63) is 69.7 Å². The first kappa shape index (κ1) is 16.7. The Morgan fingerprint density at radius 3 is 2.20 bits per heavy atom. The van der Waals surface area contributed by atoms with E-state index in [2.05, 4.69) is 15.9 Å². The van der Waals surface area contributed by atoms with Gasteiger partial charge < -0.3 is 10.5 Å². The number of hydrogen-bond acceptors (Lipinski definition) is 2. The van der Waals surface area contributed by atoms with Gasteiger partial charge in [0.25, 0.3) is 0 Å². The summed E-state index contributed by atoms with van der Waals surface area (Å²) >= 11 is 3.49. The minimum absolute atomic E-state index is 0. The van der Waals surface area contributed by atoms with Gasteiger partial charge in [-0.1, -0.05) is 58.4 Å². The van der Waals surface area contributed by atoms with Crippen LogP contribution in [0.15, 0.2) is 53.0 Å². The Bertz CT molecular complexity index is 590. The summed E-state index contributed by atoms with van der Waals surface area (Å²) in [6.45, 7) is 0.963. The number of nitrogens with one attached hydrogen (secondary N) is 1. The predicted octanol–water partition coefficient (Wildman–Crippen LogP) is 3.87. The molecule has 0 aromatic heterocycles. The topological polar surface area (TPSA) is 59.1 Å². The number of ether oxygens (including phenoxy) is 1. The molecular formula is C15H16BrClN2O. The molecule has 0 aliphatic heterocycles. The van der Waals surface area contributed by atoms with Crippen LogP contribution >= 0.6 is 28.3 Å². The minimum atomic E-state index is 0. The normalized spacial score (nSPS) is 9.85. The second-order valence-electron chi connectivity index (χ2n) is 4.16. The monoisotopic (exact) mass is 354 g/mol. The average molecular weight is 356 g/mol. The Hall–Kier alpha value is -1.36. The number of benzene rings is 2. The summed E-state index contributed by atoms with van der Waals surface area (Å²) in [4.78, 5) is 0. The molecule has 3 nitrogen and oxygen atoms in total. The Morgan fingerprint density at radius 1 is 1.00 bits per heavy atom. The van der Waals surface area contributed by atoms with Crippen LogP contribution in [0.25, 0.3) is 0 Å². The predicted molar refractivity (Wildman–Crippen MR) is 87.3 cm³/mol. The van der Waals surface area contributed by atoms with E-state index < -0.39 is 0 Å². The second-order valence-corrected chi connectivity index (χ2v) is 5.01. The van der Waals surface area contributed by atoms with Crippen molar-refractivity contribution in [3.63, 3.8) is 0 Å². The third-order valence-corrected chi connectivity index (χ3v) is 3.55. The molecule has 0 unspecified atom stereocenters. The first-order chi connectivity index (χ1) is 9.18. The summed E-state index contributed by atoms with van der Waals surface area (Å²) in [6.07, 6.45) is 0. The van der Waals surface area contributed by atoms with Gasteiger partial charge in [-0.05, 0) is 17.2 Å². The molecule has 0 amide bonds. The quantitative estimate of drug-likeness (QED) is 0.632. The molecule has 0 fully saturated rings. The summed E-state index contributed by atoms with van der Waals surface area (Å²) in [5, 5.41) is 7.52. The number of nitrogen functional groups attached to an aromatic ring is 1. The number of halogens is 2. The van der Waals surface area contributed by atoms with Crippen LogP contribution < -0.4 is 5.73 Å². The van der Waals surface area contributed by atoms with Crippen LogP contribution in [0.3, 0.4) is 0 Å². The third-order valence-electron chi connectivity index (χ3n) is 2.78. The van der Waals surface area contributed by atoms with Gasteiger partial charge in [0, 0.05) is 10.0 Å². The van der Waals surface area contributed by atoms with Gasteiger partial charge in [-0.2, -0.15) is 0 Å². The zero-order valence-electron chi connectivity index (χ0n) is 10.8. The van der Waals surface area contributed by atoms with E-state index >= 15 is 0 Å². The fourth-order valence-electron chi connectivity index (χ4n) is 1.80. The van der Waals surface area contributed by atoms with Crippen molar-refractivity contribution in [3.8, 4) is 0 Å². The molecule has 5 heteroatoms. The highest BCUT2D eigenvalue weighted by Crippen LogP contribution is 2.18. The highest BCUT2D eigenvalue weighted by atomic mass is 79.9. The van der Waals surface area contributed by atoms with Crippen LogP contribution in [0.1, 0.15) is 16.7 Å². The average Bonchev–Trinajstić information content (AvgIpc) is 2.41. The molecule has 2 aromatic carbocycles. The summed E-state index contributed by atoms with van der Waals surface area (Å²) in [7, 11) is 0. The van der Waals surface area contributed by atoms with Gasteiger partial charge in [-0.3, -0.25) is 5.41 Å². The Labute approximate surface area is 133 Å². The smallest absolute Gasteiger partial charge is 0.123 e. The molecule has 0 heterocycles. The summed E-state index contributed by atoms with van der Waals surface area (Å²) in [5.41, 5.74) is 8.31. The highest BCUT2D eigenvalue weighted by molar-refractivity contribution is 9.10. The molecule has 0 saturated heterocycles. The lowest BCUT2D eigenvalue weighted by atomic mass is 10.1. The molecule has 0 radical (unpaired) electrons. The molecule has 106 valence electrons. The van der Waals surface area contributed by atoms with E-state index in [1.54, 1.807) is 0 Å². The van der Waals surface area contributed by atoms with E-state index in [4.69, 9.17) is 15.9 Å². The van der Waals surface area contributed by atoms with Crippen LogP contribution in [0.4, 0.5) is 0 Å². The Morgan fingerprint density at radius 2 is 1.55 bits per heavy atom. The first-order valence-corrected chi connectivity index (χ1v) is 6.71. The van der Waals surface area contributed by atoms with E-state index in [1.165, 1.54) is 0 Å². The van der Waals surface area contributed by atoms with E-state index in [0.717, 1.165) is 21.2 Å². The van der Waals surface area contributed by atoms with Crippen molar-refractivity contribution in [1.82, 2.24) is 0 Å². The number of hydrogen-bond donors (Lipinski definition) is 2. The van der Waals surface area contributed by atoms with Crippen LogP contribution in [0, 0.1) is 5.41 Å². The van der Waals surface area contributed by atoms with Crippen LogP contribution in [0.5, 0.6) is 0 Å². The molecule has 0 atom stereocenters. The lowest BCUT2D eigenvalue weighted by Gasteiger charge is -2.09. The zero-order valence-corrected chi connectivity index (χ0v) is 13.2. The van der Waals surface area contributed by atoms with Gasteiger partial charge in [0.05, 0.1) is 13.2 Å². The number of nitrogens with two attached hydrogens (primary N) is 1. The summed E-state index contributed by atoms with van der Waals surface area (Å²) < 4.78 is 6.73. The molecule has 0 saturated carbocycles.